The van der Waals surface area contributed by atoms with Crippen LogP contribution in [0.2, 0.25) is 0 Å². The van der Waals surface area contributed by atoms with Crippen LogP contribution in [0, 0.1) is 11.6 Å². The number of nitrogens with one attached hydrogen (secondary N) is 1. The van der Waals surface area contributed by atoms with E-state index in [1.54, 1.807) is 30.7 Å². The molecular formula is C25H30F2N8O3S. The summed E-state index contributed by atoms with van der Waals surface area (Å²) in [7, 11) is 0. The summed E-state index contributed by atoms with van der Waals surface area (Å²) < 4.78 is 52.3. The average molecular weight is 561 g/mol. The number of nitrogen functional groups attached to an aromatic ring is 1. The second kappa shape index (κ2) is 12.1. The molecule has 0 spiro atoms. The minimum absolute atomic E-state index is 0.00521. The monoisotopic (exact) mass is 560 g/mol. The Morgan fingerprint density at radius 1 is 1.15 bits per heavy atom. The minimum atomic E-state index is -0.939. The van der Waals surface area contributed by atoms with Crippen LogP contribution in [0.15, 0.2) is 41.0 Å². The molecule has 1 fully saturated rings. The maximum absolute atomic E-state index is 14.6. The van der Waals surface area contributed by atoms with Crippen molar-refractivity contribution in [3.8, 4) is 17.2 Å². The Kier molecular flexibility index (Phi) is 8.33. The summed E-state index contributed by atoms with van der Waals surface area (Å²) in [6.45, 7) is 4.09. The maximum Gasteiger partial charge on any atom is 0.228 e. The predicted molar refractivity (Wildman–Crippen MR) is 145 cm³/mol. The van der Waals surface area contributed by atoms with E-state index in [4.69, 9.17) is 14.9 Å². The Hall–Kier alpha value is -3.62. The first kappa shape index (κ1) is 27.0. The number of rotatable bonds is 11. The quantitative estimate of drug-likeness (QED) is 0.208. The smallest absolute Gasteiger partial charge is 0.228 e. The summed E-state index contributed by atoms with van der Waals surface area (Å²) >= 11 is -0.939. The number of piperazine rings is 1. The second-order valence-corrected chi connectivity index (χ2v) is 10.7. The Balaban J connectivity index is 1.12. The third kappa shape index (κ3) is 6.52. The zero-order valence-electron chi connectivity index (χ0n) is 21.5. The summed E-state index contributed by atoms with van der Waals surface area (Å²) in [5.74, 6) is 0.332. The summed E-state index contributed by atoms with van der Waals surface area (Å²) in [4.78, 5) is 12.9. The van der Waals surface area contributed by atoms with Crippen LogP contribution in [-0.4, -0.2) is 86.9 Å². The molecule has 4 aromatic rings. The molecule has 3 aromatic heterocycles. The van der Waals surface area contributed by atoms with Gasteiger partial charge in [-0.25, -0.2) is 8.78 Å². The van der Waals surface area contributed by atoms with Crippen molar-refractivity contribution in [3.05, 3.63) is 48.2 Å². The van der Waals surface area contributed by atoms with Crippen LogP contribution >= 0.6 is 0 Å². The summed E-state index contributed by atoms with van der Waals surface area (Å²) in [5.41, 5.74) is 7.55. The standard InChI is InChI=1S/C25H30F2N8O3S/c1-39(36)13-3-12-38-22-16-20(17(26)14-18(22)27)34-9-7-33(8-10-34)6-5-29-25-30-23-15-19(21-4-2-11-37-21)32-35(23)24(28)31-25/h2,4,11,14-16H,3,5-10,12-13H2,1H3,(H3,28,29,30,31). The first-order valence-electron chi connectivity index (χ1n) is 12.6. The molecule has 39 heavy (non-hydrogen) atoms. The van der Waals surface area contributed by atoms with E-state index >= 15 is 0 Å². The fraction of sp³-hybridized carbons (Fsp3) is 0.400. The molecule has 208 valence electrons. The van der Waals surface area contributed by atoms with E-state index in [1.165, 1.54) is 10.6 Å². The van der Waals surface area contributed by atoms with E-state index in [-0.39, 0.29) is 18.3 Å². The Morgan fingerprint density at radius 3 is 2.72 bits per heavy atom. The molecule has 1 aliphatic heterocycles. The molecule has 5 rings (SSSR count). The number of ether oxygens (including phenoxy) is 1. The molecule has 1 unspecified atom stereocenters. The lowest BCUT2D eigenvalue weighted by molar-refractivity contribution is 0.266. The first-order valence-corrected chi connectivity index (χ1v) is 14.3. The molecule has 0 saturated carbocycles. The van der Waals surface area contributed by atoms with Gasteiger partial charge in [-0.05, 0) is 12.1 Å². The minimum Gasteiger partial charge on any atom is -0.617 e. The largest absolute Gasteiger partial charge is 0.617 e. The van der Waals surface area contributed by atoms with Gasteiger partial charge in [0.15, 0.2) is 23.0 Å². The van der Waals surface area contributed by atoms with E-state index < -0.39 is 22.8 Å². The SMILES string of the molecule is C[S+]([O-])CCCOc1cc(N2CCN(CCNc3nc(N)n4nc(-c5ccco5)cc4n3)CC2)c(F)cc1F. The number of nitrogens with two attached hydrogens (primary N) is 1. The molecule has 4 heterocycles. The highest BCUT2D eigenvalue weighted by molar-refractivity contribution is 7.90. The van der Waals surface area contributed by atoms with Gasteiger partial charge in [0.1, 0.15) is 17.3 Å². The molecule has 1 aliphatic rings. The summed E-state index contributed by atoms with van der Waals surface area (Å²) in [6, 6.07) is 7.64. The highest BCUT2D eigenvalue weighted by Gasteiger charge is 2.22. The van der Waals surface area contributed by atoms with Crippen molar-refractivity contribution in [1.29, 1.82) is 0 Å². The van der Waals surface area contributed by atoms with Crippen molar-refractivity contribution < 1.29 is 22.5 Å². The van der Waals surface area contributed by atoms with E-state index in [9.17, 15) is 13.3 Å². The Bertz CT molecular complexity index is 1390. The number of furan rings is 1. The zero-order chi connectivity index (χ0) is 27.4. The van der Waals surface area contributed by atoms with Crippen molar-refractivity contribution >= 4 is 34.4 Å². The van der Waals surface area contributed by atoms with Crippen molar-refractivity contribution in [2.24, 2.45) is 0 Å². The number of fused-ring (bicyclic) bond motifs is 1. The molecule has 1 aromatic carbocycles. The van der Waals surface area contributed by atoms with Crippen LogP contribution < -0.4 is 20.7 Å². The fourth-order valence-corrected chi connectivity index (χ4v) is 4.91. The number of nitrogens with zero attached hydrogens (tertiary/aromatic N) is 6. The van der Waals surface area contributed by atoms with Gasteiger partial charge in [0.2, 0.25) is 11.9 Å². The van der Waals surface area contributed by atoms with Crippen LogP contribution in [-0.2, 0) is 11.2 Å². The van der Waals surface area contributed by atoms with E-state index in [0.717, 1.165) is 12.6 Å². The van der Waals surface area contributed by atoms with Gasteiger partial charge in [-0.2, -0.15) is 19.6 Å². The van der Waals surface area contributed by atoms with Crippen LogP contribution in [0.25, 0.3) is 17.1 Å². The average Bonchev–Trinajstić information content (AvgIpc) is 3.59. The van der Waals surface area contributed by atoms with Crippen LogP contribution in [0.4, 0.5) is 26.4 Å². The molecule has 3 N–H and O–H groups in total. The third-order valence-electron chi connectivity index (χ3n) is 6.38. The van der Waals surface area contributed by atoms with Crippen LogP contribution in [0.1, 0.15) is 6.42 Å². The number of anilines is 3. The van der Waals surface area contributed by atoms with Gasteiger partial charge in [0.25, 0.3) is 0 Å². The highest BCUT2D eigenvalue weighted by Crippen LogP contribution is 2.29. The van der Waals surface area contributed by atoms with Crippen molar-refractivity contribution in [3.63, 3.8) is 0 Å². The van der Waals surface area contributed by atoms with E-state index in [2.05, 4.69) is 25.3 Å². The normalized spacial score (nSPS) is 15.1. The van der Waals surface area contributed by atoms with Gasteiger partial charge < -0.3 is 29.7 Å². The summed E-state index contributed by atoms with van der Waals surface area (Å²) in [5, 5.41) is 7.60. The summed E-state index contributed by atoms with van der Waals surface area (Å²) in [6.07, 6.45) is 3.71. The molecule has 1 saturated heterocycles. The molecule has 1 atom stereocenters. The highest BCUT2D eigenvalue weighted by atomic mass is 32.2. The third-order valence-corrected chi connectivity index (χ3v) is 7.24. The van der Waals surface area contributed by atoms with Gasteiger partial charge in [0.05, 0.1) is 24.8 Å². The second-order valence-electron chi connectivity index (χ2n) is 9.15. The lowest BCUT2D eigenvalue weighted by atomic mass is 10.2. The van der Waals surface area contributed by atoms with Gasteiger partial charge in [-0.15, -0.1) is 0 Å². The van der Waals surface area contributed by atoms with Gasteiger partial charge >= 0.3 is 0 Å². The molecule has 0 bridgehead atoms. The lowest BCUT2D eigenvalue weighted by Crippen LogP contribution is -2.48. The van der Waals surface area contributed by atoms with E-state index in [0.29, 0.717) is 73.6 Å². The lowest BCUT2D eigenvalue weighted by Gasteiger charge is -2.36. The molecular weight excluding hydrogens is 530 g/mol. The molecule has 0 radical (unpaired) electrons. The fourth-order valence-electron chi connectivity index (χ4n) is 4.39. The van der Waals surface area contributed by atoms with Crippen molar-refractivity contribution in [1.82, 2.24) is 24.5 Å². The molecule has 0 aliphatic carbocycles. The number of aromatic nitrogens is 4. The van der Waals surface area contributed by atoms with Gasteiger partial charge in [0, 0.05) is 63.9 Å². The van der Waals surface area contributed by atoms with Crippen LogP contribution in [0.3, 0.4) is 0 Å². The van der Waals surface area contributed by atoms with Crippen molar-refractivity contribution in [2.75, 3.05) is 73.8 Å². The maximum atomic E-state index is 14.6. The van der Waals surface area contributed by atoms with Gasteiger partial charge in [-0.1, -0.05) is 11.2 Å². The predicted octanol–water partition coefficient (Wildman–Crippen LogP) is 2.63. The number of hydrogen-bond acceptors (Lipinski definition) is 10. The van der Waals surface area contributed by atoms with Crippen LogP contribution in [0.5, 0.6) is 5.75 Å². The first-order chi connectivity index (χ1) is 18.9. The number of benzene rings is 1. The molecule has 0 amide bonds. The zero-order valence-corrected chi connectivity index (χ0v) is 22.3. The topological polar surface area (TPSA) is 133 Å². The molecule has 14 heteroatoms. The number of hydrogen-bond donors (Lipinski definition) is 2. The number of halogens is 2. The van der Waals surface area contributed by atoms with Gasteiger partial charge in [-0.3, -0.25) is 4.90 Å². The molecule has 11 nitrogen and oxygen atoms in total. The Labute approximate surface area is 227 Å². The van der Waals surface area contributed by atoms with E-state index in [1.807, 2.05) is 4.90 Å². The van der Waals surface area contributed by atoms with Crippen molar-refractivity contribution in [2.45, 2.75) is 6.42 Å². The Morgan fingerprint density at radius 2 is 1.97 bits per heavy atom.